The van der Waals surface area contributed by atoms with Crippen LogP contribution in [0.4, 0.5) is 0 Å². The molecule has 106 valence electrons. The van der Waals surface area contributed by atoms with Crippen LogP contribution in [0.1, 0.15) is 24.8 Å². The molecule has 0 heterocycles. The van der Waals surface area contributed by atoms with E-state index in [9.17, 15) is 0 Å². The average Bonchev–Trinajstić information content (AvgIpc) is 3.19. The Hall–Kier alpha value is -0.580. The van der Waals surface area contributed by atoms with E-state index >= 15 is 0 Å². The smallest absolute Gasteiger partial charge is 0.119 e. The van der Waals surface area contributed by atoms with Crippen LogP contribution in [0.2, 0.25) is 0 Å². The third kappa shape index (κ3) is 4.20. The number of halogens is 1. The van der Waals surface area contributed by atoms with Crippen LogP contribution in [-0.2, 0) is 11.3 Å². The molecule has 0 atom stereocenters. The Balaban J connectivity index is 1.82. The van der Waals surface area contributed by atoms with Crippen LogP contribution in [-0.4, -0.2) is 27.4 Å². The maximum absolute atomic E-state index is 5.26. The van der Waals surface area contributed by atoms with Crippen molar-refractivity contribution < 1.29 is 9.47 Å². The van der Waals surface area contributed by atoms with Crippen molar-refractivity contribution in [3.63, 3.8) is 0 Å². The molecule has 2 rings (SSSR count). The lowest BCUT2D eigenvalue weighted by atomic mass is 10.0. The van der Waals surface area contributed by atoms with Crippen molar-refractivity contribution >= 4 is 15.9 Å². The van der Waals surface area contributed by atoms with Gasteiger partial charge in [-0.15, -0.1) is 0 Å². The highest BCUT2D eigenvalue weighted by atomic mass is 79.9. The fourth-order valence-corrected chi connectivity index (χ4v) is 2.67. The monoisotopic (exact) mass is 327 g/mol. The van der Waals surface area contributed by atoms with E-state index in [1.54, 1.807) is 14.2 Å². The van der Waals surface area contributed by atoms with Gasteiger partial charge in [0.25, 0.3) is 0 Å². The summed E-state index contributed by atoms with van der Waals surface area (Å²) in [6.45, 7) is 2.80. The van der Waals surface area contributed by atoms with Gasteiger partial charge in [0.05, 0.1) is 7.11 Å². The van der Waals surface area contributed by atoms with Gasteiger partial charge >= 0.3 is 0 Å². The number of ether oxygens (including phenoxy) is 2. The van der Waals surface area contributed by atoms with Crippen molar-refractivity contribution in [2.45, 2.75) is 25.8 Å². The van der Waals surface area contributed by atoms with Gasteiger partial charge < -0.3 is 14.8 Å². The van der Waals surface area contributed by atoms with Gasteiger partial charge in [-0.1, -0.05) is 15.9 Å². The first kappa shape index (κ1) is 14.8. The third-order valence-corrected chi connectivity index (χ3v) is 4.64. The van der Waals surface area contributed by atoms with Gasteiger partial charge in [-0.2, -0.15) is 0 Å². The Kier molecular flexibility index (Phi) is 5.25. The Labute approximate surface area is 123 Å². The van der Waals surface area contributed by atoms with Gasteiger partial charge in [0, 0.05) is 31.3 Å². The maximum atomic E-state index is 5.26. The molecule has 1 N–H and O–H groups in total. The van der Waals surface area contributed by atoms with Crippen LogP contribution in [0.5, 0.6) is 5.75 Å². The molecule has 1 aromatic carbocycles. The fourth-order valence-electron chi connectivity index (χ4n) is 2.29. The Morgan fingerprint density at radius 2 is 2.11 bits per heavy atom. The molecule has 0 spiro atoms. The van der Waals surface area contributed by atoms with E-state index in [2.05, 4.69) is 27.3 Å². The molecular weight excluding hydrogens is 306 g/mol. The van der Waals surface area contributed by atoms with Crippen molar-refractivity contribution in [2.24, 2.45) is 5.41 Å². The molecule has 0 unspecified atom stereocenters. The molecule has 1 fully saturated rings. The number of rotatable bonds is 8. The number of nitrogens with one attached hydrogen (secondary N) is 1. The summed E-state index contributed by atoms with van der Waals surface area (Å²) in [5.74, 6) is 0.903. The van der Waals surface area contributed by atoms with Crippen LogP contribution >= 0.6 is 15.9 Å². The van der Waals surface area contributed by atoms with Crippen LogP contribution in [0.25, 0.3) is 0 Å². The number of hydrogen-bond donors (Lipinski definition) is 1. The largest absolute Gasteiger partial charge is 0.497 e. The quantitative estimate of drug-likeness (QED) is 0.794. The summed E-state index contributed by atoms with van der Waals surface area (Å²) in [6.07, 6.45) is 3.81. The van der Waals surface area contributed by atoms with Gasteiger partial charge in [0.1, 0.15) is 5.75 Å². The molecule has 19 heavy (non-hydrogen) atoms. The van der Waals surface area contributed by atoms with Crippen LogP contribution in [0, 0.1) is 5.41 Å². The second kappa shape index (κ2) is 6.73. The second-order valence-corrected chi connectivity index (χ2v) is 6.16. The van der Waals surface area contributed by atoms with E-state index < -0.39 is 0 Å². The van der Waals surface area contributed by atoms with E-state index in [0.717, 1.165) is 36.3 Å². The zero-order valence-electron chi connectivity index (χ0n) is 11.7. The lowest BCUT2D eigenvalue weighted by Crippen LogP contribution is -2.24. The third-order valence-electron chi connectivity index (χ3n) is 3.86. The Bertz CT molecular complexity index is 419. The number of hydrogen-bond acceptors (Lipinski definition) is 3. The van der Waals surface area contributed by atoms with Crippen LogP contribution < -0.4 is 10.1 Å². The summed E-state index contributed by atoms with van der Waals surface area (Å²) in [5, 5.41) is 3.56. The van der Waals surface area contributed by atoms with Crippen molar-refractivity contribution in [2.75, 3.05) is 27.4 Å². The maximum Gasteiger partial charge on any atom is 0.119 e. The van der Waals surface area contributed by atoms with E-state index in [0.29, 0.717) is 5.41 Å². The molecule has 1 aliphatic rings. The second-order valence-electron chi connectivity index (χ2n) is 5.30. The molecule has 3 nitrogen and oxygen atoms in total. The molecular formula is C15H22BrNO2. The van der Waals surface area contributed by atoms with Crippen LogP contribution in [0.3, 0.4) is 0 Å². The summed E-state index contributed by atoms with van der Waals surface area (Å²) in [5.41, 5.74) is 1.73. The topological polar surface area (TPSA) is 30.5 Å². The molecule has 1 aromatic rings. The molecule has 0 amide bonds. The summed E-state index contributed by atoms with van der Waals surface area (Å²) in [4.78, 5) is 0. The molecule has 0 saturated heterocycles. The van der Waals surface area contributed by atoms with Gasteiger partial charge in [0.2, 0.25) is 0 Å². The zero-order valence-corrected chi connectivity index (χ0v) is 13.3. The highest BCUT2D eigenvalue weighted by molar-refractivity contribution is 9.10. The molecule has 0 bridgehead atoms. The molecule has 0 aromatic heterocycles. The van der Waals surface area contributed by atoms with Gasteiger partial charge in [0.15, 0.2) is 0 Å². The zero-order chi connectivity index (χ0) is 13.7. The van der Waals surface area contributed by atoms with Gasteiger partial charge in [-0.3, -0.25) is 0 Å². The predicted octanol–water partition coefficient (Wildman–Crippen LogP) is 3.36. The standard InChI is InChI=1S/C15H22BrNO2/c1-18-8-7-15(5-6-15)11-17-10-12-9-13(19-2)3-4-14(12)16/h3-4,9,17H,5-8,10-11H2,1-2H3. The predicted molar refractivity (Wildman–Crippen MR) is 80.6 cm³/mol. The SMILES string of the molecule is COCCC1(CNCc2cc(OC)ccc2Br)CC1. The minimum absolute atomic E-state index is 0.487. The van der Waals surface area contributed by atoms with Gasteiger partial charge in [-0.05, 0) is 48.4 Å². The average molecular weight is 328 g/mol. The van der Waals surface area contributed by atoms with Crippen molar-refractivity contribution in [3.05, 3.63) is 28.2 Å². The van der Waals surface area contributed by atoms with E-state index in [-0.39, 0.29) is 0 Å². The summed E-state index contributed by atoms with van der Waals surface area (Å²) in [6, 6.07) is 6.08. The highest BCUT2D eigenvalue weighted by Crippen LogP contribution is 2.48. The molecule has 0 aliphatic heterocycles. The molecule has 0 radical (unpaired) electrons. The summed E-state index contributed by atoms with van der Waals surface area (Å²) >= 11 is 3.58. The van der Waals surface area contributed by atoms with E-state index in [1.165, 1.54) is 18.4 Å². The lowest BCUT2D eigenvalue weighted by molar-refractivity contribution is 0.171. The molecule has 4 heteroatoms. The molecule has 1 aliphatic carbocycles. The Morgan fingerprint density at radius 3 is 2.74 bits per heavy atom. The van der Waals surface area contributed by atoms with Crippen molar-refractivity contribution in [1.82, 2.24) is 5.32 Å². The minimum atomic E-state index is 0.487. The van der Waals surface area contributed by atoms with Crippen molar-refractivity contribution in [1.29, 1.82) is 0 Å². The van der Waals surface area contributed by atoms with Crippen LogP contribution in [0.15, 0.2) is 22.7 Å². The fraction of sp³-hybridized carbons (Fsp3) is 0.600. The lowest BCUT2D eigenvalue weighted by Gasteiger charge is -2.16. The summed E-state index contributed by atoms with van der Waals surface area (Å²) < 4.78 is 11.6. The van der Waals surface area contributed by atoms with Crippen molar-refractivity contribution in [3.8, 4) is 5.75 Å². The first-order valence-corrected chi connectivity index (χ1v) is 7.50. The van der Waals surface area contributed by atoms with Gasteiger partial charge in [-0.25, -0.2) is 0 Å². The minimum Gasteiger partial charge on any atom is -0.497 e. The first-order valence-electron chi connectivity index (χ1n) is 6.71. The number of methoxy groups -OCH3 is 2. The Morgan fingerprint density at radius 1 is 1.32 bits per heavy atom. The normalized spacial score (nSPS) is 16.4. The van der Waals surface area contributed by atoms with E-state index in [1.807, 2.05) is 12.1 Å². The molecule has 1 saturated carbocycles. The first-order chi connectivity index (χ1) is 9.19. The number of benzene rings is 1. The summed E-state index contributed by atoms with van der Waals surface area (Å²) in [7, 11) is 3.47. The highest BCUT2D eigenvalue weighted by Gasteiger charge is 2.41. The van der Waals surface area contributed by atoms with E-state index in [4.69, 9.17) is 9.47 Å².